The molecular weight excluding hydrogens is 306 g/mol. The van der Waals surface area contributed by atoms with E-state index in [0.717, 1.165) is 5.69 Å². The van der Waals surface area contributed by atoms with Crippen LogP contribution in [-0.4, -0.2) is 22.5 Å². The lowest BCUT2D eigenvalue weighted by molar-refractivity contribution is 0.0526. The van der Waals surface area contributed by atoms with Gasteiger partial charge in [-0.15, -0.1) is 0 Å². The van der Waals surface area contributed by atoms with Crippen LogP contribution < -0.4 is 10.9 Å². The molecule has 24 heavy (non-hydrogen) atoms. The molecule has 0 saturated carbocycles. The van der Waals surface area contributed by atoms with E-state index in [1.165, 1.54) is 0 Å². The van der Waals surface area contributed by atoms with Crippen LogP contribution in [0.4, 0.5) is 11.4 Å². The van der Waals surface area contributed by atoms with Gasteiger partial charge in [0.15, 0.2) is 0 Å². The number of nitrogens with one attached hydrogen (secondary N) is 2. The van der Waals surface area contributed by atoms with Crippen LogP contribution in [-0.2, 0) is 4.74 Å². The summed E-state index contributed by atoms with van der Waals surface area (Å²) in [5.74, 6) is -0.447. The van der Waals surface area contributed by atoms with E-state index in [0.29, 0.717) is 28.0 Å². The van der Waals surface area contributed by atoms with Crippen LogP contribution in [0.2, 0.25) is 0 Å². The van der Waals surface area contributed by atoms with Gasteiger partial charge >= 0.3 is 5.97 Å². The number of aromatic nitrogens is 2. The fraction of sp³-hybridized carbons (Fsp3) is 0.167. The summed E-state index contributed by atoms with van der Waals surface area (Å²) in [5, 5.41) is 3.24. The summed E-state index contributed by atoms with van der Waals surface area (Å²) in [4.78, 5) is 31.1. The number of esters is 1. The minimum Gasteiger partial charge on any atom is -0.462 e. The van der Waals surface area contributed by atoms with Gasteiger partial charge in [0.2, 0.25) is 0 Å². The highest BCUT2D eigenvalue weighted by atomic mass is 16.5. The van der Waals surface area contributed by atoms with Gasteiger partial charge < -0.3 is 15.0 Å². The maximum absolute atomic E-state index is 12.1. The first-order valence-corrected chi connectivity index (χ1v) is 7.62. The third-order valence-electron chi connectivity index (χ3n) is 3.53. The summed E-state index contributed by atoms with van der Waals surface area (Å²) < 4.78 is 5.06. The third kappa shape index (κ3) is 3.12. The van der Waals surface area contributed by atoms with Crippen molar-refractivity contribution < 1.29 is 9.53 Å². The van der Waals surface area contributed by atoms with Crippen LogP contribution in [0.15, 0.2) is 47.3 Å². The average molecular weight is 323 g/mol. The quantitative estimate of drug-likeness (QED) is 0.721. The zero-order valence-corrected chi connectivity index (χ0v) is 13.4. The highest BCUT2D eigenvalue weighted by molar-refractivity contribution is 5.99. The average Bonchev–Trinajstić information content (AvgIpc) is 2.57. The maximum atomic E-state index is 12.1. The smallest absolute Gasteiger partial charge is 0.338 e. The Hall–Kier alpha value is -3.15. The van der Waals surface area contributed by atoms with Gasteiger partial charge in [-0.3, -0.25) is 4.79 Å². The summed E-state index contributed by atoms with van der Waals surface area (Å²) in [6, 6.07) is 12.8. The molecule has 0 fully saturated rings. The molecule has 0 atom stereocenters. The predicted octanol–water partition coefficient (Wildman–Crippen LogP) is 3.15. The fourth-order valence-electron chi connectivity index (χ4n) is 2.39. The molecule has 0 aliphatic heterocycles. The number of H-pyrrole nitrogens is 1. The number of nitrogens with zero attached hydrogens (tertiary/aromatic N) is 1. The summed E-state index contributed by atoms with van der Waals surface area (Å²) in [7, 11) is 0. The van der Waals surface area contributed by atoms with Gasteiger partial charge in [-0.05, 0) is 38.1 Å². The van der Waals surface area contributed by atoms with Crippen molar-refractivity contribution >= 4 is 28.4 Å². The van der Waals surface area contributed by atoms with Crippen molar-refractivity contribution in [3.05, 3.63) is 64.1 Å². The Kier molecular flexibility index (Phi) is 4.29. The Labute approximate surface area is 138 Å². The number of fused-ring (bicyclic) bond motifs is 1. The molecule has 2 N–H and O–H groups in total. The van der Waals surface area contributed by atoms with E-state index in [-0.39, 0.29) is 12.2 Å². The molecule has 1 heterocycles. The van der Waals surface area contributed by atoms with E-state index >= 15 is 0 Å². The second-order valence-electron chi connectivity index (χ2n) is 5.28. The summed E-state index contributed by atoms with van der Waals surface area (Å²) in [6.45, 7) is 3.67. The van der Waals surface area contributed by atoms with E-state index < -0.39 is 5.97 Å². The second kappa shape index (κ2) is 6.54. The van der Waals surface area contributed by atoms with Crippen LogP contribution in [0.3, 0.4) is 0 Å². The van der Waals surface area contributed by atoms with Crippen LogP contribution in [0.1, 0.15) is 23.0 Å². The number of para-hydroxylation sites is 1. The van der Waals surface area contributed by atoms with Crippen LogP contribution >= 0.6 is 0 Å². The number of carbonyl (C=O) groups excluding carboxylic acids is 1. The molecule has 0 spiro atoms. The number of anilines is 2. The van der Waals surface area contributed by atoms with E-state index in [1.54, 1.807) is 26.0 Å². The Morgan fingerprint density at radius 1 is 1.25 bits per heavy atom. The molecule has 0 unspecified atom stereocenters. The highest BCUT2D eigenvalue weighted by Gasteiger charge is 2.14. The Morgan fingerprint density at radius 3 is 2.71 bits per heavy atom. The monoisotopic (exact) mass is 323 g/mol. The normalized spacial score (nSPS) is 10.6. The van der Waals surface area contributed by atoms with Gasteiger partial charge in [0.05, 0.1) is 23.4 Å². The first-order chi connectivity index (χ1) is 11.6. The SMILES string of the molecule is CCOC(=O)c1cc(Nc2ccccc2)c2nc(C)c(=O)[nH]c2c1. The largest absolute Gasteiger partial charge is 0.462 e. The summed E-state index contributed by atoms with van der Waals surface area (Å²) in [5.41, 5.74) is 2.98. The standard InChI is InChI=1S/C18H17N3O3/c1-3-24-18(23)12-9-14(20-13-7-5-4-6-8-13)16-15(10-12)21-17(22)11(2)19-16/h4-10,20H,3H2,1-2H3,(H,21,22). The number of ether oxygens (including phenoxy) is 1. The molecule has 6 heteroatoms. The number of aryl methyl sites for hydroxylation is 1. The van der Waals surface area contributed by atoms with Gasteiger partial charge in [-0.2, -0.15) is 0 Å². The first-order valence-electron chi connectivity index (χ1n) is 7.62. The molecule has 0 saturated heterocycles. The molecule has 0 amide bonds. The molecule has 122 valence electrons. The highest BCUT2D eigenvalue weighted by Crippen LogP contribution is 2.26. The van der Waals surface area contributed by atoms with Gasteiger partial charge in [0.1, 0.15) is 11.2 Å². The number of hydrogen-bond acceptors (Lipinski definition) is 5. The van der Waals surface area contributed by atoms with Gasteiger partial charge in [-0.25, -0.2) is 9.78 Å². The lowest BCUT2D eigenvalue weighted by atomic mass is 10.1. The number of carbonyl (C=O) groups is 1. The minimum atomic E-state index is -0.447. The number of aromatic amines is 1. The van der Waals surface area contributed by atoms with E-state index in [1.807, 2.05) is 30.3 Å². The topological polar surface area (TPSA) is 84.1 Å². The fourth-order valence-corrected chi connectivity index (χ4v) is 2.39. The molecule has 0 aliphatic rings. The van der Waals surface area contributed by atoms with E-state index in [9.17, 15) is 9.59 Å². The lowest BCUT2D eigenvalue weighted by Crippen LogP contribution is -2.13. The second-order valence-corrected chi connectivity index (χ2v) is 5.28. The number of rotatable bonds is 4. The van der Waals surface area contributed by atoms with Crippen molar-refractivity contribution in [1.29, 1.82) is 0 Å². The zero-order valence-electron chi connectivity index (χ0n) is 13.4. The van der Waals surface area contributed by atoms with Crippen LogP contribution in [0.25, 0.3) is 11.0 Å². The molecule has 0 aliphatic carbocycles. The molecule has 6 nitrogen and oxygen atoms in total. The van der Waals surface area contributed by atoms with E-state index in [4.69, 9.17) is 4.74 Å². The van der Waals surface area contributed by atoms with E-state index in [2.05, 4.69) is 15.3 Å². The van der Waals surface area contributed by atoms with Crippen molar-refractivity contribution in [1.82, 2.24) is 9.97 Å². The van der Waals surface area contributed by atoms with Gasteiger partial charge in [0, 0.05) is 5.69 Å². The summed E-state index contributed by atoms with van der Waals surface area (Å²) >= 11 is 0. The predicted molar refractivity (Wildman–Crippen MR) is 92.8 cm³/mol. The minimum absolute atomic E-state index is 0.279. The van der Waals surface area contributed by atoms with Crippen molar-refractivity contribution in [3.63, 3.8) is 0 Å². The molecule has 3 rings (SSSR count). The van der Waals surface area contributed by atoms with Crippen molar-refractivity contribution in [2.24, 2.45) is 0 Å². The first kappa shape index (κ1) is 15.7. The molecule has 0 radical (unpaired) electrons. The van der Waals surface area contributed by atoms with Crippen LogP contribution in [0.5, 0.6) is 0 Å². The lowest BCUT2D eigenvalue weighted by Gasteiger charge is -2.12. The van der Waals surface area contributed by atoms with Gasteiger partial charge in [0.25, 0.3) is 5.56 Å². The van der Waals surface area contributed by atoms with Crippen molar-refractivity contribution in [2.45, 2.75) is 13.8 Å². The number of hydrogen-bond donors (Lipinski definition) is 2. The summed E-state index contributed by atoms with van der Waals surface area (Å²) in [6.07, 6.45) is 0. The van der Waals surface area contributed by atoms with Crippen LogP contribution in [0, 0.1) is 6.92 Å². The maximum Gasteiger partial charge on any atom is 0.338 e. The van der Waals surface area contributed by atoms with Crippen molar-refractivity contribution in [2.75, 3.05) is 11.9 Å². The Balaban J connectivity index is 2.18. The molecular formula is C18H17N3O3. The van der Waals surface area contributed by atoms with Gasteiger partial charge in [-0.1, -0.05) is 18.2 Å². The Morgan fingerprint density at radius 2 is 2.00 bits per heavy atom. The zero-order chi connectivity index (χ0) is 17.1. The molecule has 2 aromatic carbocycles. The number of benzene rings is 2. The Bertz CT molecular complexity index is 949. The molecule has 0 bridgehead atoms. The molecule has 1 aromatic heterocycles. The molecule has 3 aromatic rings. The third-order valence-corrected chi connectivity index (χ3v) is 3.53. The van der Waals surface area contributed by atoms with Crippen molar-refractivity contribution in [3.8, 4) is 0 Å².